The van der Waals surface area contributed by atoms with Gasteiger partial charge in [-0.15, -0.1) is 11.6 Å². The Morgan fingerprint density at radius 1 is 1.17 bits per heavy atom. The highest BCUT2D eigenvalue weighted by atomic mass is 35.5. The van der Waals surface area contributed by atoms with Crippen LogP contribution in [0.2, 0.25) is 0 Å². The smallest absolute Gasteiger partial charge is 0.256 e. The Morgan fingerprint density at radius 3 is 2.26 bits per heavy atom. The minimum Gasteiger partial charge on any atom is -0.309 e. The molecule has 0 saturated heterocycles. The molecule has 1 aliphatic rings. The van der Waals surface area contributed by atoms with Crippen LogP contribution in [0.15, 0.2) is 29.8 Å². The van der Waals surface area contributed by atoms with Gasteiger partial charge in [0.2, 0.25) is 5.91 Å². The first-order valence-electron chi connectivity index (χ1n) is 7.33. The highest BCUT2D eigenvalue weighted by molar-refractivity contribution is 6.29. The maximum absolute atomic E-state index is 12.2. The second kappa shape index (κ2) is 6.96. The normalized spacial score (nSPS) is 14.3. The molecule has 0 radical (unpaired) electrons. The summed E-state index contributed by atoms with van der Waals surface area (Å²) in [7, 11) is 0. The molecule has 5 nitrogen and oxygen atoms in total. The molecule has 1 heterocycles. The van der Waals surface area contributed by atoms with Crippen molar-refractivity contribution in [1.29, 1.82) is 0 Å². The molecule has 0 aliphatic carbocycles. The van der Waals surface area contributed by atoms with Gasteiger partial charge in [-0.3, -0.25) is 19.3 Å². The molecule has 0 aromatic heterocycles. The summed E-state index contributed by atoms with van der Waals surface area (Å²) in [6, 6.07) is 5.74. The fourth-order valence-electron chi connectivity index (χ4n) is 2.71. The number of anilines is 1. The number of rotatable bonds is 5. The van der Waals surface area contributed by atoms with Crippen LogP contribution < -0.4 is 4.90 Å². The fourth-order valence-corrected chi connectivity index (χ4v) is 2.86. The number of aryl methyl sites for hydroxylation is 2. The van der Waals surface area contributed by atoms with Gasteiger partial charge in [0, 0.05) is 30.4 Å². The molecular weight excluding hydrogens is 316 g/mol. The average molecular weight is 335 g/mol. The topological polar surface area (TPSA) is 57.7 Å². The van der Waals surface area contributed by atoms with Gasteiger partial charge in [0.15, 0.2) is 0 Å². The van der Waals surface area contributed by atoms with Crippen LogP contribution in [0.3, 0.4) is 0 Å². The molecule has 0 atom stereocenters. The minimum atomic E-state index is -0.340. The number of amides is 3. The molecule has 1 aliphatic heterocycles. The summed E-state index contributed by atoms with van der Waals surface area (Å²) in [5.74, 6) is -1.07. The van der Waals surface area contributed by atoms with Crippen molar-refractivity contribution < 1.29 is 14.4 Å². The van der Waals surface area contributed by atoms with Crippen molar-refractivity contribution in [3.05, 3.63) is 41.0 Å². The van der Waals surface area contributed by atoms with E-state index in [2.05, 4.69) is 0 Å². The lowest BCUT2D eigenvalue weighted by Gasteiger charge is -2.27. The molecule has 3 amide bonds. The molecule has 122 valence electrons. The lowest BCUT2D eigenvalue weighted by atomic mass is 10.1. The lowest BCUT2D eigenvalue weighted by molar-refractivity contribution is -0.137. The average Bonchev–Trinajstić information content (AvgIpc) is 2.75. The standard InChI is InChI=1S/C17H19ClN2O3/c1-11-5-4-6-12(2)16(11)19(15(22)10-18)7-8-20-14(21)9-13(3)17(20)23/h4-6,9H,7-8,10H2,1-3H3. The summed E-state index contributed by atoms with van der Waals surface area (Å²) >= 11 is 5.73. The zero-order valence-electron chi connectivity index (χ0n) is 13.4. The van der Waals surface area contributed by atoms with Crippen molar-refractivity contribution in [3.63, 3.8) is 0 Å². The Labute approximate surface area is 140 Å². The molecule has 0 fully saturated rings. The first kappa shape index (κ1) is 17.2. The molecule has 0 saturated carbocycles. The van der Waals surface area contributed by atoms with E-state index in [0.717, 1.165) is 21.7 Å². The van der Waals surface area contributed by atoms with Gasteiger partial charge in [-0.05, 0) is 31.9 Å². The Hall–Kier alpha value is -2.14. The van der Waals surface area contributed by atoms with Crippen LogP contribution >= 0.6 is 11.6 Å². The number of benzene rings is 1. The van der Waals surface area contributed by atoms with Crippen molar-refractivity contribution in [3.8, 4) is 0 Å². The number of alkyl halides is 1. The zero-order valence-corrected chi connectivity index (χ0v) is 14.2. The van der Waals surface area contributed by atoms with Gasteiger partial charge in [0.1, 0.15) is 5.88 Å². The number of halogens is 1. The van der Waals surface area contributed by atoms with E-state index in [9.17, 15) is 14.4 Å². The molecule has 6 heteroatoms. The lowest BCUT2D eigenvalue weighted by Crippen LogP contribution is -2.42. The van der Waals surface area contributed by atoms with Gasteiger partial charge < -0.3 is 4.90 Å². The second-order valence-electron chi connectivity index (χ2n) is 5.54. The molecule has 0 N–H and O–H groups in total. The summed E-state index contributed by atoms with van der Waals surface area (Å²) < 4.78 is 0. The quantitative estimate of drug-likeness (QED) is 0.612. The van der Waals surface area contributed by atoms with Gasteiger partial charge in [-0.2, -0.15) is 0 Å². The first-order valence-corrected chi connectivity index (χ1v) is 7.87. The Balaban J connectivity index is 2.23. The molecule has 0 unspecified atom stereocenters. The molecule has 0 spiro atoms. The van der Waals surface area contributed by atoms with Gasteiger partial charge in [0.05, 0.1) is 0 Å². The van der Waals surface area contributed by atoms with E-state index >= 15 is 0 Å². The van der Waals surface area contributed by atoms with Crippen LogP contribution in [-0.2, 0) is 14.4 Å². The van der Waals surface area contributed by atoms with Crippen molar-refractivity contribution >= 4 is 35.0 Å². The molecular formula is C17H19ClN2O3. The number of hydrogen-bond donors (Lipinski definition) is 0. The molecule has 0 bridgehead atoms. The molecule has 23 heavy (non-hydrogen) atoms. The van der Waals surface area contributed by atoms with Gasteiger partial charge in [-0.1, -0.05) is 18.2 Å². The Morgan fingerprint density at radius 2 is 1.78 bits per heavy atom. The zero-order chi connectivity index (χ0) is 17.1. The summed E-state index contributed by atoms with van der Waals surface area (Å²) in [4.78, 5) is 38.7. The molecule has 2 rings (SSSR count). The van der Waals surface area contributed by atoms with Crippen molar-refractivity contribution in [2.24, 2.45) is 0 Å². The number of imide groups is 1. The summed E-state index contributed by atoms with van der Waals surface area (Å²) in [5, 5.41) is 0. The van der Waals surface area contributed by atoms with E-state index in [-0.39, 0.29) is 36.7 Å². The largest absolute Gasteiger partial charge is 0.309 e. The van der Waals surface area contributed by atoms with Crippen LogP contribution in [0.25, 0.3) is 0 Å². The third-order valence-corrected chi connectivity index (χ3v) is 4.09. The SMILES string of the molecule is CC1=CC(=O)N(CCN(C(=O)CCl)c2c(C)cccc2C)C1=O. The van der Waals surface area contributed by atoms with Gasteiger partial charge in [-0.25, -0.2) is 0 Å². The van der Waals surface area contributed by atoms with Crippen LogP contribution in [-0.4, -0.2) is 41.6 Å². The maximum Gasteiger partial charge on any atom is 0.256 e. The van der Waals surface area contributed by atoms with E-state index in [1.54, 1.807) is 11.8 Å². The van der Waals surface area contributed by atoms with Crippen LogP contribution in [0.1, 0.15) is 18.1 Å². The Bertz CT molecular complexity index is 677. The highest BCUT2D eigenvalue weighted by Crippen LogP contribution is 2.25. The van der Waals surface area contributed by atoms with E-state index in [1.165, 1.54) is 6.08 Å². The van der Waals surface area contributed by atoms with Crippen molar-refractivity contribution in [2.75, 3.05) is 23.9 Å². The highest BCUT2D eigenvalue weighted by Gasteiger charge is 2.29. The molecule has 1 aromatic carbocycles. The van der Waals surface area contributed by atoms with Crippen LogP contribution in [0, 0.1) is 13.8 Å². The summed E-state index contributed by atoms with van der Waals surface area (Å²) in [5.41, 5.74) is 3.08. The third-order valence-electron chi connectivity index (χ3n) is 3.86. The van der Waals surface area contributed by atoms with Crippen molar-refractivity contribution in [2.45, 2.75) is 20.8 Å². The van der Waals surface area contributed by atoms with Crippen LogP contribution in [0.5, 0.6) is 0 Å². The molecule has 1 aromatic rings. The fraction of sp³-hybridized carbons (Fsp3) is 0.353. The van der Waals surface area contributed by atoms with E-state index in [1.807, 2.05) is 32.0 Å². The second-order valence-corrected chi connectivity index (χ2v) is 5.81. The van der Waals surface area contributed by atoms with Gasteiger partial charge >= 0.3 is 0 Å². The number of carbonyl (C=O) groups excluding carboxylic acids is 3. The van der Waals surface area contributed by atoms with Crippen molar-refractivity contribution in [1.82, 2.24) is 4.90 Å². The number of para-hydroxylation sites is 1. The van der Waals surface area contributed by atoms with E-state index < -0.39 is 0 Å². The number of carbonyl (C=O) groups is 3. The minimum absolute atomic E-state index is 0.141. The predicted molar refractivity (Wildman–Crippen MR) is 89.5 cm³/mol. The van der Waals surface area contributed by atoms with E-state index in [4.69, 9.17) is 11.6 Å². The van der Waals surface area contributed by atoms with Crippen LogP contribution in [0.4, 0.5) is 5.69 Å². The monoisotopic (exact) mass is 334 g/mol. The third kappa shape index (κ3) is 3.45. The summed E-state index contributed by atoms with van der Waals surface area (Å²) in [6.07, 6.45) is 1.31. The maximum atomic E-state index is 12.2. The summed E-state index contributed by atoms with van der Waals surface area (Å²) in [6.45, 7) is 5.79. The Kier molecular flexibility index (Phi) is 5.21. The van der Waals surface area contributed by atoms with E-state index in [0.29, 0.717) is 5.57 Å². The number of hydrogen-bond acceptors (Lipinski definition) is 3. The van der Waals surface area contributed by atoms with Gasteiger partial charge in [0.25, 0.3) is 11.8 Å². The first-order chi connectivity index (χ1) is 10.9. The predicted octanol–water partition coefficient (Wildman–Crippen LogP) is 2.19. The number of nitrogens with zero attached hydrogens (tertiary/aromatic N) is 2.